The van der Waals surface area contributed by atoms with Crippen molar-refractivity contribution in [3.63, 3.8) is 0 Å². The fourth-order valence-electron chi connectivity index (χ4n) is 2.72. The Bertz CT molecular complexity index is 170. The lowest BCUT2D eigenvalue weighted by Gasteiger charge is -2.27. The van der Waals surface area contributed by atoms with Gasteiger partial charge in [0.1, 0.15) is 0 Å². The number of hydrogen-bond acceptors (Lipinski definition) is 2. The molecule has 2 atom stereocenters. The zero-order valence-corrected chi connectivity index (χ0v) is 11.5. The van der Waals surface area contributed by atoms with Gasteiger partial charge in [0.05, 0.1) is 0 Å². The Kier molecular flexibility index (Phi) is 7.06. The molecule has 0 bridgehead atoms. The van der Waals surface area contributed by atoms with E-state index in [0.717, 1.165) is 12.6 Å². The Hall–Kier alpha value is -0.0800. The van der Waals surface area contributed by atoms with E-state index in [4.69, 9.17) is 0 Å². The van der Waals surface area contributed by atoms with Crippen molar-refractivity contribution in [3.8, 4) is 0 Å². The fraction of sp³-hybridized carbons (Fsp3) is 1.00. The van der Waals surface area contributed by atoms with Crippen molar-refractivity contribution in [2.75, 3.05) is 19.6 Å². The van der Waals surface area contributed by atoms with Crippen LogP contribution in [0.5, 0.6) is 0 Å². The van der Waals surface area contributed by atoms with Gasteiger partial charge in [0.25, 0.3) is 0 Å². The second-order valence-corrected chi connectivity index (χ2v) is 5.34. The van der Waals surface area contributed by atoms with Gasteiger partial charge in [-0.2, -0.15) is 0 Å². The van der Waals surface area contributed by atoms with E-state index >= 15 is 0 Å². The SMILES string of the molecule is CCNC(C)CCCN1CCCCCC1C. The van der Waals surface area contributed by atoms with E-state index in [1.54, 1.807) is 0 Å². The lowest BCUT2D eigenvalue weighted by molar-refractivity contribution is 0.207. The first-order valence-corrected chi connectivity index (χ1v) is 7.21. The van der Waals surface area contributed by atoms with E-state index in [1.165, 1.54) is 51.6 Å². The lowest BCUT2D eigenvalue weighted by atomic mass is 10.1. The van der Waals surface area contributed by atoms with Crippen LogP contribution in [0.25, 0.3) is 0 Å². The summed E-state index contributed by atoms with van der Waals surface area (Å²) in [7, 11) is 0. The maximum absolute atomic E-state index is 3.49. The molecular formula is C14H30N2. The minimum absolute atomic E-state index is 0.687. The van der Waals surface area contributed by atoms with Crippen molar-refractivity contribution in [3.05, 3.63) is 0 Å². The molecule has 2 unspecified atom stereocenters. The Balaban J connectivity index is 2.14. The largest absolute Gasteiger partial charge is 0.315 e. The quantitative estimate of drug-likeness (QED) is 0.749. The highest BCUT2D eigenvalue weighted by Gasteiger charge is 2.16. The van der Waals surface area contributed by atoms with Crippen LogP contribution < -0.4 is 5.32 Å². The molecule has 1 fully saturated rings. The van der Waals surface area contributed by atoms with E-state index in [2.05, 4.69) is 31.0 Å². The van der Waals surface area contributed by atoms with Crippen molar-refractivity contribution in [2.45, 2.75) is 71.4 Å². The molecule has 1 aliphatic heterocycles. The molecule has 0 aromatic rings. The van der Waals surface area contributed by atoms with Crippen LogP contribution in [0.2, 0.25) is 0 Å². The van der Waals surface area contributed by atoms with Gasteiger partial charge in [0.2, 0.25) is 0 Å². The van der Waals surface area contributed by atoms with Gasteiger partial charge in [-0.05, 0) is 59.2 Å². The molecule has 0 aliphatic carbocycles. The molecule has 2 nitrogen and oxygen atoms in total. The summed E-state index contributed by atoms with van der Waals surface area (Å²) in [6.45, 7) is 10.6. The van der Waals surface area contributed by atoms with Crippen LogP contribution in [0.3, 0.4) is 0 Å². The third-order valence-electron chi connectivity index (χ3n) is 3.83. The van der Waals surface area contributed by atoms with Gasteiger partial charge in [-0.15, -0.1) is 0 Å². The predicted molar refractivity (Wildman–Crippen MR) is 71.9 cm³/mol. The summed E-state index contributed by atoms with van der Waals surface area (Å²) in [5.41, 5.74) is 0. The molecule has 0 radical (unpaired) electrons. The van der Waals surface area contributed by atoms with Gasteiger partial charge in [-0.1, -0.05) is 19.8 Å². The molecule has 0 aromatic heterocycles. The molecule has 2 heteroatoms. The molecule has 1 rings (SSSR count). The molecule has 0 amide bonds. The van der Waals surface area contributed by atoms with Crippen LogP contribution >= 0.6 is 0 Å². The maximum Gasteiger partial charge on any atom is 0.00669 e. The van der Waals surface area contributed by atoms with Crippen molar-refractivity contribution in [1.29, 1.82) is 0 Å². The van der Waals surface area contributed by atoms with Crippen LogP contribution in [0.1, 0.15) is 59.3 Å². The monoisotopic (exact) mass is 226 g/mol. The van der Waals surface area contributed by atoms with E-state index in [1.807, 2.05) is 0 Å². The zero-order valence-electron chi connectivity index (χ0n) is 11.5. The average molecular weight is 226 g/mol. The third kappa shape index (κ3) is 5.31. The number of likely N-dealkylation sites (tertiary alicyclic amines) is 1. The summed E-state index contributed by atoms with van der Waals surface area (Å²) in [6.07, 6.45) is 8.35. The van der Waals surface area contributed by atoms with Gasteiger partial charge in [-0.3, -0.25) is 0 Å². The van der Waals surface area contributed by atoms with E-state index < -0.39 is 0 Å². The van der Waals surface area contributed by atoms with Gasteiger partial charge >= 0.3 is 0 Å². The Labute approximate surface area is 102 Å². The molecule has 0 spiro atoms. The molecule has 0 saturated carbocycles. The zero-order chi connectivity index (χ0) is 11.8. The summed E-state index contributed by atoms with van der Waals surface area (Å²) in [5, 5.41) is 3.49. The maximum atomic E-state index is 3.49. The normalized spacial score (nSPS) is 25.3. The highest BCUT2D eigenvalue weighted by molar-refractivity contribution is 4.72. The Morgan fingerprint density at radius 2 is 2.12 bits per heavy atom. The number of rotatable bonds is 6. The molecule has 16 heavy (non-hydrogen) atoms. The summed E-state index contributed by atoms with van der Waals surface area (Å²) in [6, 6.07) is 1.50. The lowest BCUT2D eigenvalue weighted by Crippen LogP contribution is -2.34. The van der Waals surface area contributed by atoms with Crippen LogP contribution in [-0.4, -0.2) is 36.6 Å². The van der Waals surface area contributed by atoms with Gasteiger partial charge in [0.15, 0.2) is 0 Å². The predicted octanol–water partition coefficient (Wildman–Crippen LogP) is 3.03. The third-order valence-corrected chi connectivity index (χ3v) is 3.83. The summed E-state index contributed by atoms with van der Waals surface area (Å²) in [4.78, 5) is 2.70. The topological polar surface area (TPSA) is 15.3 Å². The highest BCUT2D eigenvalue weighted by Crippen LogP contribution is 2.16. The van der Waals surface area contributed by atoms with E-state index in [0.29, 0.717) is 6.04 Å². The fourth-order valence-corrected chi connectivity index (χ4v) is 2.72. The first-order chi connectivity index (χ1) is 7.74. The summed E-state index contributed by atoms with van der Waals surface area (Å²) >= 11 is 0. The van der Waals surface area contributed by atoms with Gasteiger partial charge in [-0.25, -0.2) is 0 Å². The van der Waals surface area contributed by atoms with Gasteiger partial charge in [0, 0.05) is 12.1 Å². The van der Waals surface area contributed by atoms with Crippen molar-refractivity contribution < 1.29 is 0 Å². The molecule has 1 N–H and O–H groups in total. The summed E-state index contributed by atoms with van der Waals surface area (Å²) < 4.78 is 0. The number of nitrogens with zero attached hydrogens (tertiary/aromatic N) is 1. The smallest absolute Gasteiger partial charge is 0.00669 e. The van der Waals surface area contributed by atoms with Crippen LogP contribution in [0.15, 0.2) is 0 Å². The number of nitrogens with one attached hydrogen (secondary N) is 1. The Morgan fingerprint density at radius 3 is 2.88 bits per heavy atom. The minimum Gasteiger partial charge on any atom is -0.315 e. The number of hydrogen-bond donors (Lipinski definition) is 1. The molecular weight excluding hydrogens is 196 g/mol. The van der Waals surface area contributed by atoms with E-state index in [9.17, 15) is 0 Å². The van der Waals surface area contributed by atoms with Crippen molar-refractivity contribution in [1.82, 2.24) is 10.2 Å². The second kappa shape index (κ2) is 8.08. The first kappa shape index (κ1) is 14.0. The van der Waals surface area contributed by atoms with Crippen LogP contribution in [-0.2, 0) is 0 Å². The van der Waals surface area contributed by atoms with E-state index in [-0.39, 0.29) is 0 Å². The highest BCUT2D eigenvalue weighted by atomic mass is 15.1. The second-order valence-electron chi connectivity index (χ2n) is 5.34. The van der Waals surface area contributed by atoms with Crippen molar-refractivity contribution in [2.24, 2.45) is 0 Å². The average Bonchev–Trinajstić information content (AvgIpc) is 2.45. The molecule has 96 valence electrons. The Morgan fingerprint density at radius 1 is 1.31 bits per heavy atom. The standard InChI is InChI=1S/C14H30N2/c1-4-15-13(2)9-8-12-16-11-7-5-6-10-14(16)3/h13-15H,4-12H2,1-3H3. The minimum atomic E-state index is 0.687. The van der Waals surface area contributed by atoms with Crippen LogP contribution in [0.4, 0.5) is 0 Å². The first-order valence-electron chi connectivity index (χ1n) is 7.21. The molecule has 0 aromatic carbocycles. The van der Waals surface area contributed by atoms with Gasteiger partial charge < -0.3 is 10.2 Å². The van der Waals surface area contributed by atoms with Crippen LogP contribution in [0, 0.1) is 0 Å². The van der Waals surface area contributed by atoms with Crippen molar-refractivity contribution >= 4 is 0 Å². The summed E-state index contributed by atoms with van der Waals surface area (Å²) in [5.74, 6) is 0. The molecule has 1 heterocycles. The molecule has 1 saturated heterocycles. The molecule has 1 aliphatic rings.